The summed E-state index contributed by atoms with van der Waals surface area (Å²) in [7, 11) is 1.74. The van der Waals surface area contributed by atoms with Crippen LogP contribution in [0.1, 0.15) is 57.2 Å². The molecule has 1 saturated heterocycles. The number of nitrogens with zero attached hydrogens (tertiary/aromatic N) is 6. The van der Waals surface area contributed by atoms with Gasteiger partial charge in [0.2, 0.25) is 5.95 Å². The highest BCUT2D eigenvalue weighted by atomic mass is 19.4. The fourth-order valence-electron chi connectivity index (χ4n) is 4.91. The molecule has 14 heteroatoms. The van der Waals surface area contributed by atoms with Crippen LogP contribution in [0.25, 0.3) is 11.1 Å². The molecule has 3 heterocycles. The first-order chi connectivity index (χ1) is 19.4. The molecule has 3 aromatic rings. The molecule has 0 bridgehead atoms. The summed E-state index contributed by atoms with van der Waals surface area (Å²) >= 11 is 0. The van der Waals surface area contributed by atoms with E-state index >= 15 is 0 Å². The first-order valence-corrected chi connectivity index (χ1v) is 13.3. The number of ether oxygens (including phenoxy) is 1. The number of aryl methyl sites for hydroxylation is 1. The lowest BCUT2D eigenvalue weighted by Gasteiger charge is -2.30. The zero-order valence-corrected chi connectivity index (χ0v) is 23.8. The summed E-state index contributed by atoms with van der Waals surface area (Å²) in [4.78, 5) is 24.9. The van der Waals surface area contributed by atoms with E-state index in [1.807, 2.05) is 6.92 Å². The molecule has 1 aliphatic heterocycles. The van der Waals surface area contributed by atoms with E-state index in [1.54, 1.807) is 54.7 Å². The molecule has 0 aliphatic carbocycles. The molecule has 0 saturated carbocycles. The second-order valence-corrected chi connectivity index (χ2v) is 11.3. The number of aromatic nitrogens is 4. The molecular formula is C28H32F6N6O2. The first kappa shape index (κ1) is 31.1. The van der Waals surface area contributed by atoms with Gasteiger partial charge in [0.15, 0.2) is 0 Å². The van der Waals surface area contributed by atoms with E-state index in [2.05, 4.69) is 15.1 Å². The highest BCUT2D eigenvalue weighted by Crippen LogP contribution is 2.37. The van der Waals surface area contributed by atoms with E-state index in [-0.39, 0.29) is 36.7 Å². The van der Waals surface area contributed by atoms with Gasteiger partial charge in [-0.05, 0) is 57.4 Å². The lowest BCUT2D eigenvalue weighted by Crippen LogP contribution is -2.42. The Morgan fingerprint density at radius 2 is 1.57 bits per heavy atom. The van der Waals surface area contributed by atoms with Gasteiger partial charge >= 0.3 is 18.4 Å². The van der Waals surface area contributed by atoms with Crippen LogP contribution >= 0.6 is 0 Å². The Morgan fingerprint density at radius 3 is 2.05 bits per heavy atom. The number of alkyl halides is 6. The van der Waals surface area contributed by atoms with E-state index in [0.717, 1.165) is 5.56 Å². The van der Waals surface area contributed by atoms with Gasteiger partial charge in [-0.2, -0.15) is 31.4 Å². The van der Waals surface area contributed by atoms with Gasteiger partial charge in [-0.25, -0.2) is 14.8 Å². The minimum Gasteiger partial charge on any atom is -0.444 e. The molecular weight excluding hydrogens is 566 g/mol. The van der Waals surface area contributed by atoms with Crippen molar-refractivity contribution in [2.24, 2.45) is 7.05 Å². The summed E-state index contributed by atoms with van der Waals surface area (Å²) in [6.07, 6.45) is -3.20. The third-order valence-corrected chi connectivity index (χ3v) is 6.87. The summed E-state index contributed by atoms with van der Waals surface area (Å²) in [6.45, 7) is 6.84. The van der Waals surface area contributed by atoms with Crippen LogP contribution in [0, 0.1) is 0 Å². The average Bonchev–Trinajstić information content (AvgIpc) is 3.52. The number of hydrogen-bond donors (Lipinski definition) is 0. The molecule has 8 nitrogen and oxygen atoms in total. The quantitative estimate of drug-likeness (QED) is 0.294. The van der Waals surface area contributed by atoms with Gasteiger partial charge in [-0.3, -0.25) is 4.68 Å². The van der Waals surface area contributed by atoms with Gasteiger partial charge in [-0.1, -0.05) is 6.92 Å². The molecule has 42 heavy (non-hydrogen) atoms. The molecule has 2 aromatic heterocycles. The highest BCUT2D eigenvalue weighted by molar-refractivity contribution is 5.69. The smallest absolute Gasteiger partial charge is 0.416 e. The number of carbonyl (C=O) groups excluding carboxylic acids is 1. The Labute approximate surface area is 239 Å². The second-order valence-electron chi connectivity index (χ2n) is 11.3. The molecule has 1 fully saturated rings. The molecule has 228 valence electrons. The normalized spacial score (nSPS) is 17.9. The van der Waals surface area contributed by atoms with E-state index in [1.165, 1.54) is 12.4 Å². The molecule has 0 spiro atoms. The molecule has 1 amide bonds. The molecule has 1 aliphatic rings. The van der Waals surface area contributed by atoms with Crippen LogP contribution in [0.15, 0.2) is 43.0 Å². The summed E-state index contributed by atoms with van der Waals surface area (Å²) in [5, 5.41) is 4.11. The number of likely N-dealkylation sites (tertiary alicyclic amines) is 1. The number of benzene rings is 1. The van der Waals surface area contributed by atoms with Gasteiger partial charge in [0.1, 0.15) is 5.60 Å². The number of rotatable bonds is 6. The molecule has 4 rings (SSSR count). The molecule has 0 N–H and O–H groups in total. The largest absolute Gasteiger partial charge is 0.444 e. The molecule has 2 atom stereocenters. The highest BCUT2D eigenvalue weighted by Gasteiger charge is 2.41. The van der Waals surface area contributed by atoms with E-state index in [4.69, 9.17) is 4.74 Å². The number of amides is 1. The minimum absolute atomic E-state index is 0.0968. The van der Waals surface area contributed by atoms with Crippen LogP contribution in [0.4, 0.5) is 37.1 Å². The van der Waals surface area contributed by atoms with Gasteiger partial charge in [0.05, 0.1) is 23.4 Å². The Kier molecular flexibility index (Phi) is 8.47. The number of anilines is 1. The van der Waals surface area contributed by atoms with Crippen molar-refractivity contribution >= 4 is 12.0 Å². The third kappa shape index (κ3) is 7.32. The Bertz CT molecular complexity index is 1370. The maximum absolute atomic E-state index is 13.6. The van der Waals surface area contributed by atoms with E-state index in [9.17, 15) is 31.1 Å². The van der Waals surface area contributed by atoms with Crippen LogP contribution in [0.3, 0.4) is 0 Å². The van der Waals surface area contributed by atoms with Crippen molar-refractivity contribution in [1.82, 2.24) is 24.6 Å². The molecule has 0 radical (unpaired) electrons. The van der Waals surface area contributed by atoms with E-state index in [0.29, 0.717) is 30.5 Å². The predicted molar refractivity (Wildman–Crippen MR) is 142 cm³/mol. The Balaban J connectivity index is 1.74. The van der Waals surface area contributed by atoms with Gasteiger partial charge in [0, 0.05) is 55.9 Å². The van der Waals surface area contributed by atoms with Crippen molar-refractivity contribution in [1.29, 1.82) is 0 Å². The summed E-state index contributed by atoms with van der Waals surface area (Å²) in [5.74, 6) is 0.0968. The fraction of sp³-hybridized carbons (Fsp3) is 0.500. The predicted octanol–water partition coefficient (Wildman–Crippen LogP) is 6.71. The number of halogens is 6. The average molecular weight is 599 g/mol. The van der Waals surface area contributed by atoms with Crippen LogP contribution in [-0.2, 0) is 30.7 Å². The van der Waals surface area contributed by atoms with Crippen molar-refractivity contribution in [3.05, 3.63) is 59.7 Å². The maximum atomic E-state index is 13.6. The van der Waals surface area contributed by atoms with Crippen molar-refractivity contribution < 1.29 is 35.9 Å². The monoisotopic (exact) mass is 598 g/mol. The van der Waals surface area contributed by atoms with Gasteiger partial charge in [0.25, 0.3) is 0 Å². The molecule has 1 unspecified atom stereocenters. The summed E-state index contributed by atoms with van der Waals surface area (Å²) in [6, 6.07) is 0.707. The second kappa shape index (κ2) is 11.4. The topological polar surface area (TPSA) is 76.4 Å². The first-order valence-electron chi connectivity index (χ1n) is 13.3. The Hall–Kier alpha value is -3.84. The van der Waals surface area contributed by atoms with Crippen molar-refractivity contribution in [3.63, 3.8) is 0 Å². The van der Waals surface area contributed by atoms with Crippen molar-refractivity contribution in [3.8, 4) is 11.1 Å². The summed E-state index contributed by atoms with van der Waals surface area (Å²) in [5.41, 5.74) is -2.45. The summed E-state index contributed by atoms with van der Waals surface area (Å²) < 4.78 is 88.8. The van der Waals surface area contributed by atoms with E-state index < -0.39 is 41.2 Å². The lowest BCUT2D eigenvalue weighted by atomic mass is 10.0. The van der Waals surface area contributed by atoms with Gasteiger partial charge < -0.3 is 14.5 Å². The number of carbonyl (C=O) groups is 1. The van der Waals surface area contributed by atoms with Crippen LogP contribution in [-0.4, -0.2) is 55.0 Å². The SMILES string of the molecule is CCC1C[C@H](N(Cc2cc(C(F)(F)F)cc(C(F)(F)F)c2)c2ncc(-c3cnn(C)c3)cn2)CN1C(=O)OC(C)(C)C. The van der Waals surface area contributed by atoms with Gasteiger partial charge in [-0.15, -0.1) is 0 Å². The zero-order valence-electron chi connectivity index (χ0n) is 23.8. The zero-order chi connectivity index (χ0) is 31.0. The van der Waals surface area contributed by atoms with Crippen LogP contribution in [0.5, 0.6) is 0 Å². The lowest BCUT2D eigenvalue weighted by molar-refractivity contribution is -0.143. The minimum atomic E-state index is -4.99. The van der Waals surface area contributed by atoms with Crippen LogP contribution < -0.4 is 4.90 Å². The molecule has 1 aromatic carbocycles. The van der Waals surface area contributed by atoms with Crippen molar-refractivity contribution in [2.75, 3.05) is 11.4 Å². The van der Waals surface area contributed by atoms with Crippen LogP contribution in [0.2, 0.25) is 0 Å². The standard InChI is InChI=1S/C28H32F6N6O2/c1-6-22-10-23(16-40(22)25(41)42-26(2,3)4)39(24-35-11-18(12-36-24)19-13-37-38(5)15-19)14-17-7-20(27(29,30)31)9-21(8-17)28(32,33)34/h7-9,11-13,15,22-23H,6,10,14,16H2,1-5H3/t22?,23-/m0/s1. The maximum Gasteiger partial charge on any atom is 0.416 e. The Morgan fingerprint density at radius 1 is 0.976 bits per heavy atom. The third-order valence-electron chi connectivity index (χ3n) is 6.87. The fourth-order valence-corrected chi connectivity index (χ4v) is 4.91. The number of hydrogen-bond acceptors (Lipinski definition) is 6. The van der Waals surface area contributed by atoms with Crippen molar-refractivity contribution in [2.45, 2.75) is 77.1 Å².